The lowest BCUT2D eigenvalue weighted by Crippen LogP contribution is -2.20. The maximum atomic E-state index is 12.5. The number of hydrogen-bond donors (Lipinski definition) is 1. The van der Waals surface area contributed by atoms with E-state index >= 15 is 0 Å². The molecule has 0 atom stereocenters. The van der Waals surface area contributed by atoms with Gasteiger partial charge in [-0.1, -0.05) is 17.7 Å². The predicted octanol–water partition coefficient (Wildman–Crippen LogP) is 3.87. The third-order valence-corrected chi connectivity index (χ3v) is 4.81. The fourth-order valence-electron chi connectivity index (χ4n) is 3.43. The number of carbonyl (C=O) groups excluding carboxylic acids is 1. The number of aromatic nitrogens is 3. The first-order chi connectivity index (χ1) is 12.0. The molecular weight excluding hydrogens is 312 g/mol. The van der Waals surface area contributed by atoms with Crippen LogP contribution < -0.4 is 5.32 Å². The molecule has 5 heteroatoms. The molecule has 1 aliphatic carbocycles. The van der Waals surface area contributed by atoms with Gasteiger partial charge in [-0.15, -0.1) is 0 Å². The van der Waals surface area contributed by atoms with Crippen LogP contribution >= 0.6 is 0 Å². The number of nitrogens with one attached hydrogen (secondary N) is 1. The monoisotopic (exact) mass is 334 g/mol. The van der Waals surface area contributed by atoms with Gasteiger partial charge in [-0.05, 0) is 62.8 Å². The van der Waals surface area contributed by atoms with Crippen LogP contribution in [0.4, 0.5) is 5.69 Å². The zero-order chi connectivity index (χ0) is 17.6. The number of fused-ring (bicyclic) bond motifs is 1. The van der Waals surface area contributed by atoms with E-state index < -0.39 is 0 Å². The van der Waals surface area contributed by atoms with Crippen LogP contribution in [0, 0.1) is 20.8 Å². The van der Waals surface area contributed by atoms with E-state index in [1.807, 2.05) is 39.1 Å². The van der Waals surface area contributed by atoms with E-state index in [9.17, 15) is 4.79 Å². The minimum absolute atomic E-state index is 0.0880. The summed E-state index contributed by atoms with van der Waals surface area (Å²) in [5.41, 5.74) is 6.16. The van der Waals surface area contributed by atoms with Gasteiger partial charge in [-0.25, -0.2) is 9.67 Å². The number of pyridine rings is 1. The summed E-state index contributed by atoms with van der Waals surface area (Å²) in [6, 6.07) is 8.10. The minimum Gasteiger partial charge on any atom is -0.324 e. The fourth-order valence-corrected chi connectivity index (χ4v) is 3.43. The standard InChI is InChI=1S/C20H22N4O/c1-12-4-7-17(13(2)10-12)22-18(25)11-24-20-19(14(3)23-24)16(8-9-21-20)15-5-6-15/h4,7-10,15H,5-6,11H2,1-3H3,(H,22,25). The van der Waals surface area contributed by atoms with Crippen molar-refractivity contribution in [1.82, 2.24) is 14.8 Å². The van der Waals surface area contributed by atoms with E-state index in [0.717, 1.165) is 28.0 Å². The second-order valence-corrected chi connectivity index (χ2v) is 6.98. The number of carbonyl (C=O) groups is 1. The summed E-state index contributed by atoms with van der Waals surface area (Å²) in [5.74, 6) is 0.542. The van der Waals surface area contributed by atoms with Gasteiger partial charge in [-0.3, -0.25) is 4.79 Å². The second kappa shape index (κ2) is 5.99. The van der Waals surface area contributed by atoms with E-state index in [2.05, 4.69) is 27.5 Å². The lowest BCUT2D eigenvalue weighted by Gasteiger charge is -2.09. The Kier molecular flexibility index (Phi) is 3.79. The van der Waals surface area contributed by atoms with Gasteiger partial charge in [0.15, 0.2) is 5.65 Å². The predicted molar refractivity (Wildman–Crippen MR) is 98.8 cm³/mol. The molecule has 2 heterocycles. The highest BCUT2D eigenvalue weighted by Gasteiger charge is 2.27. The summed E-state index contributed by atoms with van der Waals surface area (Å²) in [7, 11) is 0. The Hall–Kier alpha value is -2.69. The first kappa shape index (κ1) is 15.8. The quantitative estimate of drug-likeness (QED) is 0.788. The Morgan fingerprint density at radius 1 is 1.24 bits per heavy atom. The third kappa shape index (κ3) is 3.02. The van der Waals surface area contributed by atoms with Gasteiger partial charge in [0.2, 0.25) is 5.91 Å². The number of nitrogens with zero attached hydrogens (tertiary/aromatic N) is 3. The Bertz CT molecular complexity index is 969. The van der Waals surface area contributed by atoms with Crippen molar-refractivity contribution in [2.75, 3.05) is 5.32 Å². The highest BCUT2D eigenvalue weighted by molar-refractivity contribution is 5.92. The molecule has 5 nitrogen and oxygen atoms in total. The summed E-state index contributed by atoms with van der Waals surface area (Å²) in [5, 5.41) is 8.67. The van der Waals surface area contributed by atoms with Crippen LogP contribution in [0.25, 0.3) is 11.0 Å². The van der Waals surface area contributed by atoms with Gasteiger partial charge in [-0.2, -0.15) is 5.10 Å². The highest BCUT2D eigenvalue weighted by Crippen LogP contribution is 2.43. The van der Waals surface area contributed by atoms with Crippen LogP contribution in [-0.2, 0) is 11.3 Å². The van der Waals surface area contributed by atoms with E-state index in [-0.39, 0.29) is 12.5 Å². The molecule has 1 fully saturated rings. The van der Waals surface area contributed by atoms with Crippen LogP contribution in [0.1, 0.15) is 41.1 Å². The molecule has 25 heavy (non-hydrogen) atoms. The Morgan fingerprint density at radius 2 is 2.04 bits per heavy atom. The van der Waals surface area contributed by atoms with E-state index in [0.29, 0.717) is 5.92 Å². The molecule has 1 saturated carbocycles. The van der Waals surface area contributed by atoms with Crippen molar-refractivity contribution in [1.29, 1.82) is 0 Å². The van der Waals surface area contributed by atoms with Crippen molar-refractivity contribution in [3.63, 3.8) is 0 Å². The summed E-state index contributed by atoms with van der Waals surface area (Å²) < 4.78 is 1.72. The topological polar surface area (TPSA) is 59.8 Å². The van der Waals surface area contributed by atoms with Crippen molar-refractivity contribution in [3.8, 4) is 0 Å². The average molecular weight is 334 g/mol. The first-order valence-electron chi connectivity index (χ1n) is 8.72. The van der Waals surface area contributed by atoms with E-state index in [1.165, 1.54) is 24.0 Å². The molecular formula is C20H22N4O. The molecule has 2 aromatic heterocycles. The Morgan fingerprint density at radius 3 is 2.76 bits per heavy atom. The Labute approximate surface area is 147 Å². The van der Waals surface area contributed by atoms with Crippen molar-refractivity contribution < 1.29 is 4.79 Å². The Balaban J connectivity index is 1.60. The first-order valence-corrected chi connectivity index (χ1v) is 8.72. The zero-order valence-electron chi connectivity index (χ0n) is 14.8. The van der Waals surface area contributed by atoms with Crippen molar-refractivity contribution in [2.45, 2.75) is 46.1 Å². The normalized spacial score (nSPS) is 14.0. The summed E-state index contributed by atoms with van der Waals surface area (Å²) >= 11 is 0. The molecule has 0 saturated heterocycles. The van der Waals surface area contributed by atoms with Gasteiger partial charge in [0.25, 0.3) is 0 Å². The van der Waals surface area contributed by atoms with Crippen molar-refractivity contribution in [2.24, 2.45) is 0 Å². The van der Waals surface area contributed by atoms with Gasteiger partial charge in [0.05, 0.1) is 5.69 Å². The summed E-state index contributed by atoms with van der Waals surface area (Å²) in [4.78, 5) is 17.0. The molecule has 0 spiro atoms. The van der Waals surface area contributed by atoms with E-state index in [1.54, 1.807) is 4.68 Å². The van der Waals surface area contributed by atoms with Crippen LogP contribution in [0.2, 0.25) is 0 Å². The molecule has 3 aromatic rings. The number of aryl methyl sites for hydroxylation is 3. The number of anilines is 1. The van der Waals surface area contributed by atoms with Crippen LogP contribution in [0.5, 0.6) is 0 Å². The lowest BCUT2D eigenvalue weighted by molar-refractivity contribution is -0.116. The van der Waals surface area contributed by atoms with Gasteiger partial charge >= 0.3 is 0 Å². The number of benzene rings is 1. The maximum absolute atomic E-state index is 12.5. The molecule has 1 aromatic carbocycles. The summed E-state index contributed by atoms with van der Waals surface area (Å²) in [6.07, 6.45) is 4.30. The summed E-state index contributed by atoms with van der Waals surface area (Å²) in [6.45, 7) is 6.20. The largest absolute Gasteiger partial charge is 0.324 e. The highest BCUT2D eigenvalue weighted by atomic mass is 16.2. The smallest absolute Gasteiger partial charge is 0.246 e. The van der Waals surface area contributed by atoms with Gasteiger partial charge in [0, 0.05) is 17.3 Å². The van der Waals surface area contributed by atoms with Crippen LogP contribution in [-0.4, -0.2) is 20.7 Å². The molecule has 0 radical (unpaired) electrons. The minimum atomic E-state index is -0.0880. The third-order valence-electron chi connectivity index (χ3n) is 4.81. The second-order valence-electron chi connectivity index (χ2n) is 6.98. The van der Waals surface area contributed by atoms with E-state index in [4.69, 9.17) is 0 Å². The van der Waals surface area contributed by atoms with Crippen LogP contribution in [0.15, 0.2) is 30.5 Å². The number of amides is 1. The van der Waals surface area contributed by atoms with Crippen LogP contribution in [0.3, 0.4) is 0 Å². The molecule has 0 aliphatic heterocycles. The lowest BCUT2D eigenvalue weighted by atomic mass is 10.1. The molecule has 0 unspecified atom stereocenters. The van der Waals surface area contributed by atoms with Gasteiger partial charge < -0.3 is 5.32 Å². The number of rotatable bonds is 4. The molecule has 1 amide bonds. The van der Waals surface area contributed by atoms with Gasteiger partial charge in [0.1, 0.15) is 6.54 Å². The average Bonchev–Trinajstić information content (AvgIpc) is 3.36. The molecule has 0 bridgehead atoms. The fraction of sp³-hybridized carbons (Fsp3) is 0.350. The maximum Gasteiger partial charge on any atom is 0.246 e. The van der Waals surface area contributed by atoms with Crippen molar-refractivity contribution in [3.05, 3.63) is 52.8 Å². The zero-order valence-corrected chi connectivity index (χ0v) is 14.8. The molecule has 128 valence electrons. The molecule has 4 rings (SSSR count). The number of hydrogen-bond acceptors (Lipinski definition) is 3. The molecule has 1 aliphatic rings. The SMILES string of the molecule is Cc1ccc(NC(=O)Cn2nc(C)c3c(C4CC4)ccnc32)c(C)c1. The van der Waals surface area contributed by atoms with Crippen molar-refractivity contribution >= 4 is 22.6 Å². The molecule has 1 N–H and O–H groups in total.